The van der Waals surface area contributed by atoms with E-state index in [-0.39, 0.29) is 6.04 Å². The quantitative estimate of drug-likeness (QED) is 0.322. The Morgan fingerprint density at radius 1 is 0.789 bits per heavy atom. The van der Waals surface area contributed by atoms with Gasteiger partial charge < -0.3 is 39.1 Å². The Bertz CT molecular complexity index is 193. The van der Waals surface area contributed by atoms with Crippen LogP contribution in [-0.2, 0) is 13.3 Å². The Morgan fingerprint density at radius 2 is 1.16 bits per heavy atom. The van der Waals surface area contributed by atoms with E-state index in [9.17, 15) is 0 Å². The molecule has 0 atom stereocenters. The van der Waals surface area contributed by atoms with Crippen LogP contribution < -0.4 is 11.5 Å². The largest absolute Gasteiger partial charge is 0.500 e. The van der Waals surface area contributed by atoms with Gasteiger partial charge in [-0.05, 0) is 25.9 Å². The summed E-state index contributed by atoms with van der Waals surface area (Å²) in [5, 5.41) is 0. The first-order chi connectivity index (χ1) is 8.80. The highest BCUT2D eigenvalue weighted by atomic mass is 28.4. The molecule has 8 nitrogen and oxygen atoms in total. The highest BCUT2D eigenvalue weighted by Crippen LogP contribution is 2.13. The summed E-state index contributed by atoms with van der Waals surface area (Å²) < 4.78 is 15.5. The van der Waals surface area contributed by atoms with Gasteiger partial charge in [-0.15, -0.1) is 0 Å². The normalized spacial score (nSPS) is 12.0. The summed E-state index contributed by atoms with van der Waals surface area (Å²) in [6, 6.07) is 0.830. The number of hydrogen-bond donors (Lipinski definition) is 5. The fraction of sp³-hybridized carbons (Fsp3) is 1.00. The third kappa shape index (κ3) is 12.9. The van der Waals surface area contributed by atoms with Crippen LogP contribution in [0.4, 0.5) is 0 Å². The van der Waals surface area contributed by atoms with E-state index in [1.807, 2.05) is 0 Å². The van der Waals surface area contributed by atoms with Crippen molar-refractivity contribution >= 4 is 17.6 Å². The molecule has 0 aromatic heterocycles. The summed E-state index contributed by atoms with van der Waals surface area (Å²) in [4.78, 5) is 25.0. The highest BCUT2D eigenvalue weighted by molar-refractivity contribution is 6.60. The van der Waals surface area contributed by atoms with Crippen molar-refractivity contribution in [2.45, 2.75) is 24.9 Å². The third-order valence-corrected chi connectivity index (χ3v) is 6.19. The van der Waals surface area contributed by atoms with E-state index in [1.165, 1.54) is 0 Å². The van der Waals surface area contributed by atoms with Crippen molar-refractivity contribution in [3.8, 4) is 0 Å². The molecule has 19 heavy (non-hydrogen) atoms. The second kappa shape index (κ2) is 11.9. The number of hydrogen-bond acceptors (Lipinski definition) is 8. The first-order valence-corrected chi connectivity index (χ1v) is 10.0. The zero-order chi connectivity index (χ0) is 15.4. The molecule has 0 saturated heterocycles. The molecule has 0 fully saturated rings. The van der Waals surface area contributed by atoms with Crippen LogP contribution in [0.2, 0.25) is 12.1 Å². The maximum absolute atomic E-state index is 8.34. The smallest absolute Gasteiger partial charge is 0.390 e. The molecule has 0 heterocycles. The molecule has 0 amide bonds. The molecule has 0 aromatic carbocycles. The minimum atomic E-state index is -3.76. The lowest BCUT2D eigenvalue weighted by Gasteiger charge is -2.23. The van der Waals surface area contributed by atoms with Crippen LogP contribution in [0.1, 0.15) is 12.8 Å². The van der Waals surface area contributed by atoms with Gasteiger partial charge in [0, 0.05) is 33.4 Å². The van der Waals surface area contributed by atoms with E-state index in [4.69, 9.17) is 39.1 Å². The van der Waals surface area contributed by atoms with Gasteiger partial charge in [0.15, 0.2) is 0 Å². The van der Waals surface area contributed by atoms with Crippen molar-refractivity contribution in [3.63, 3.8) is 0 Å². The Kier molecular flexibility index (Phi) is 13.4. The standard InChI is InChI=1S/C6H17NO3Si.C3H11NO3Si/c1-8-11(9-2,10-3)6-4-5-7;4-2-1-3-8(5,6)7/h4-7H2,1-3H3;5-7H,1-4H2. The van der Waals surface area contributed by atoms with Crippen LogP contribution in [-0.4, -0.2) is 66.4 Å². The second-order valence-electron chi connectivity index (χ2n) is 3.85. The van der Waals surface area contributed by atoms with E-state index in [0.717, 1.165) is 12.5 Å². The zero-order valence-electron chi connectivity index (χ0n) is 12.0. The summed E-state index contributed by atoms with van der Waals surface area (Å²) in [6.07, 6.45) is 1.34. The summed E-state index contributed by atoms with van der Waals surface area (Å²) in [6.45, 7) is 1.03. The Hall–Kier alpha value is 0.114. The summed E-state index contributed by atoms with van der Waals surface area (Å²) >= 11 is 0. The molecule has 0 aliphatic rings. The average Bonchev–Trinajstić information content (AvgIpc) is 2.39. The molecule has 0 rings (SSSR count). The van der Waals surface area contributed by atoms with Gasteiger partial charge in [-0.2, -0.15) is 0 Å². The number of rotatable bonds is 9. The lowest BCUT2D eigenvalue weighted by molar-refractivity contribution is 0.123. The maximum atomic E-state index is 8.34. The van der Waals surface area contributed by atoms with Crippen molar-refractivity contribution in [1.82, 2.24) is 0 Å². The molecule has 0 spiro atoms. The van der Waals surface area contributed by atoms with Gasteiger partial charge >= 0.3 is 17.6 Å². The average molecular weight is 317 g/mol. The van der Waals surface area contributed by atoms with Crippen molar-refractivity contribution in [2.75, 3.05) is 34.4 Å². The molecule has 0 aliphatic heterocycles. The number of nitrogens with two attached hydrogens (primary N) is 2. The van der Waals surface area contributed by atoms with Gasteiger partial charge in [0.2, 0.25) is 0 Å². The molecular formula is C9H28N2O6Si2. The summed E-state index contributed by atoms with van der Waals surface area (Å²) in [7, 11) is -1.26. The van der Waals surface area contributed by atoms with Crippen LogP contribution in [0.15, 0.2) is 0 Å². The highest BCUT2D eigenvalue weighted by Gasteiger charge is 2.36. The molecule has 0 bridgehead atoms. The topological polar surface area (TPSA) is 140 Å². The minimum Gasteiger partial charge on any atom is -0.390 e. The lowest BCUT2D eigenvalue weighted by Crippen LogP contribution is -2.42. The molecule has 0 aliphatic carbocycles. The maximum Gasteiger partial charge on any atom is 0.500 e. The predicted molar refractivity (Wildman–Crippen MR) is 76.1 cm³/mol. The Morgan fingerprint density at radius 3 is 1.37 bits per heavy atom. The van der Waals surface area contributed by atoms with Gasteiger partial charge in [-0.3, -0.25) is 0 Å². The fourth-order valence-electron chi connectivity index (χ4n) is 1.21. The predicted octanol–water partition coefficient (Wildman–Crippen LogP) is -1.54. The molecule has 0 unspecified atom stereocenters. The van der Waals surface area contributed by atoms with E-state index in [2.05, 4.69) is 0 Å². The fourth-order valence-corrected chi connectivity index (χ4v) is 3.64. The van der Waals surface area contributed by atoms with Gasteiger partial charge in [0.05, 0.1) is 0 Å². The molecule has 0 aromatic rings. The molecule has 10 heteroatoms. The van der Waals surface area contributed by atoms with Gasteiger partial charge in [-0.1, -0.05) is 0 Å². The van der Waals surface area contributed by atoms with E-state index in [0.29, 0.717) is 19.5 Å². The lowest BCUT2D eigenvalue weighted by atomic mass is 10.5. The van der Waals surface area contributed by atoms with Gasteiger partial charge in [0.1, 0.15) is 0 Å². The summed E-state index contributed by atoms with van der Waals surface area (Å²) in [5.74, 6) is 0. The second-order valence-corrected chi connectivity index (χ2v) is 8.99. The monoisotopic (exact) mass is 316 g/mol. The summed E-state index contributed by atoms with van der Waals surface area (Å²) in [5.41, 5.74) is 10.4. The third-order valence-electron chi connectivity index (χ3n) is 2.34. The van der Waals surface area contributed by atoms with E-state index < -0.39 is 17.6 Å². The van der Waals surface area contributed by atoms with Crippen molar-refractivity contribution in [2.24, 2.45) is 11.5 Å². The molecule has 7 N–H and O–H groups in total. The Labute approximate surface area is 117 Å². The van der Waals surface area contributed by atoms with Crippen LogP contribution in [0.3, 0.4) is 0 Å². The SMILES string of the molecule is CO[Si](CCCN)(OC)OC.NCCC[Si](O)(O)O. The van der Waals surface area contributed by atoms with Gasteiger partial charge in [0.25, 0.3) is 0 Å². The molecular weight excluding hydrogens is 288 g/mol. The first-order valence-electron chi connectivity index (χ1n) is 6.03. The van der Waals surface area contributed by atoms with Crippen molar-refractivity contribution in [1.29, 1.82) is 0 Å². The van der Waals surface area contributed by atoms with Crippen LogP contribution >= 0.6 is 0 Å². The van der Waals surface area contributed by atoms with Crippen molar-refractivity contribution < 1.29 is 27.7 Å². The molecule has 118 valence electrons. The van der Waals surface area contributed by atoms with E-state index in [1.54, 1.807) is 21.3 Å². The minimum absolute atomic E-state index is 0.0451. The molecule has 0 radical (unpaired) electrons. The van der Waals surface area contributed by atoms with Gasteiger partial charge in [-0.25, -0.2) is 0 Å². The van der Waals surface area contributed by atoms with Crippen LogP contribution in [0.5, 0.6) is 0 Å². The zero-order valence-corrected chi connectivity index (χ0v) is 14.0. The van der Waals surface area contributed by atoms with Crippen molar-refractivity contribution in [3.05, 3.63) is 0 Å². The van der Waals surface area contributed by atoms with E-state index >= 15 is 0 Å². The molecule has 0 saturated carbocycles. The van der Waals surface area contributed by atoms with Crippen LogP contribution in [0, 0.1) is 0 Å². The first kappa shape index (κ1) is 21.4. The van der Waals surface area contributed by atoms with Crippen LogP contribution in [0.25, 0.3) is 0 Å². The Balaban J connectivity index is 0.